The van der Waals surface area contributed by atoms with Gasteiger partial charge in [-0.1, -0.05) is 62.9 Å². The molecular formula is C36H48N4O. The van der Waals surface area contributed by atoms with Gasteiger partial charge in [0, 0.05) is 25.0 Å². The molecule has 4 aliphatic rings. The van der Waals surface area contributed by atoms with Crippen LogP contribution in [0, 0.1) is 17.3 Å². The molecule has 1 spiro atoms. The maximum absolute atomic E-state index is 14.3. The van der Waals surface area contributed by atoms with Crippen molar-refractivity contribution in [2.75, 3.05) is 19.6 Å². The Kier molecular flexibility index (Phi) is 8.86. The van der Waals surface area contributed by atoms with E-state index in [0.717, 1.165) is 69.4 Å². The number of carbonyl (C=O) groups excluding carboxylic acids is 1. The zero-order valence-electron chi connectivity index (χ0n) is 25.5. The molecular weight excluding hydrogens is 504 g/mol. The van der Waals surface area contributed by atoms with Crippen LogP contribution >= 0.6 is 0 Å². The fourth-order valence-electron chi connectivity index (χ4n) is 7.32. The zero-order chi connectivity index (χ0) is 29.1. The first kappa shape index (κ1) is 29.3. The summed E-state index contributed by atoms with van der Waals surface area (Å²) in [6.07, 6.45) is 14.7. The summed E-state index contributed by atoms with van der Waals surface area (Å²) < 4.78 is 0. The number of nitrogens with one attached hydrogen (secondary N) is 1. The van der Waals surface area contributed by atoms with Crippen LogP contribution in [0.15, 0.2) is 100 Å². The highest BCUT2D eigenvalue weighted by Gasteiger charge is 2.52. The first-order valence-electron chi connectivity index (χ1n) is 15.6. The van der Waals surface area contributed by atoms with E-state index in [0.29, 0.717) is 18.4 Å². The van der Waals surface area contributed by atoms with Crippen LogP contribution in [0.3, 0.4) is 0 Å². The smallest absolute Gasteiger partial charge is 0.237 e. The first-order valence-corrected chi connectivity index (χ1v) is 15.6. The number of piperidine rings is 1. The van der Waals surface area contributed by atoms with Crippen molar-refractivity contribution in [3.8, 4) is 0 Å². The molecule has 218 valence electrons. The van der Waals surface area contributed by atoms with Crippen molar-refractivity contribution in [1.29, 1.82) is 0 Å². The number of hydrogen-bond acceptors (Lipinski definition) is 4. The second-order valence-electron chi connectivity index (χ2n) is 12.5. The SMILES string of the molecule is C=C1C2=C(CCC/C1=C/NN)/C(C)=C/C1=C(/C=C/C(C)C(C)C2)C2(CCN(Cc3ccccc3)CC2)C(=O)N1CC. The average molecular weight is 553 g/mol. The van der Waals surface area contributed by atoms with Gasteiger partial charge >= 0.3 is 0 Å². The molecule has 1 amide bonds. The van der Waals surface area contributed by atoms with E-state index >= 15 is 0 Å². The minimum absolute atomic E-state index is 0.287. The van der Waals surface area contributed by atoms with E-state index in [-0.39, 0.29) is 5.91 Å². The van der Waals surface area contributed by atoms with E-state index in [9.17, 15) is 4.79 Å². The molecule has 5 heteroatoms. The lowest BCUT2D eigenvalue weighted by molar-refractivity contribution is -0.137. The minimum Gasteiger partial charge on any atom is -0.331 e. The van der Waals surface area contributed by atoms with Crippen molar-refractivity contribution in [3.63, 3.8) is 0 Å². The van der Waals surface area contributed by atoms with Crippen LogP contribution in [0.25, 0.3) is 0 Å². The van der Waals surface area contributed by atoms with Crippen LogP contribution in [0.5, 0.6) is 0 Å². The Labute approximate surface area is 247 Å². The van der Waals surface area contributed by atoms with Gasteiger partial charge in [0.2, 0.25) is 5.91 Å². The Morgan fingerprint density at radius 1 is 1.12 bits per heavy atom. The number of hydrogen-bond donors (Lipinski definition) is 2. The molecule has 3 N–H and O–H groups in total. The fraction of sp³-hybridized carbons (Fsp3) is 0.472. The summed E-state index contributed by atoms with van der Waals surface area (Å²) in [5.41, 5.74) is 12.3. The Bertz CT molecular complexity index is 1320. The standard InChI is InChI=1S/C36H48N4O/c1-6-40-34-22-27(4)31-14-10-13-30(23-38-37)28(5)32(31)21-26(3)25(2)15-16-33(34)36(35(40)41)17-19-39(20-18-36)24-29-11-8-7-9-12-29/h7-9,11-12,15-16,22-23,25-26,38H,5-6,10,13-14,17-21,24,37H2,1-4H3/b16-15+,27-22+,30-23-. The molecule has 5 rings (SSSR count). The molecule has 0 radical (unpaired) electrons. The van der Waals surface area contributed by atoms with E-state index < -0.39 is 5.41 Å². The van der Waals surface area contributed by atoms with Gasteiger partial charge in [0.1, 0.15) is 0 Å². The van der Waals surface area contributed by atoms with Gasteiger partial charge in [-0.05, 0) is 122 Å². The maximum Gasteiger partial charge on any atom is 0.237 e. The summed E-state index contributed by atoms with van der Waals surface area (Å²) in [6, 6.07) is 10.7. The molecule has 1 aromatic carbocycles. The highest BCUT2D eigenvalue weighted by molar-refractivity contribution is 5.93. The van der Waals surface area contributed by atoms with Crippen molar-refractivity contribution in [1.82, 2.24) is 15.2 Å². The third-order valence-electron chi connectivity index (χ3n) is 10.1. The van der Waals surface area contributed by atoms with Gasteiger partial charge in [0.05, 0.1) is 5.41 Å². The quantitative estimate of drug-likeness (QED) is 0.314. The molecule has 0 aromatic heterocycles. The summed E-state index contributed by atoms with van der Waals surface area (Å²) in [6.45, 7) is 17.1. The van der Waals surface area contributed by atoms with Crippen LogP contribution in [0.1, 0.15) is 71.8 Å². The number of likely N-dealkylation sites (tertiary alicyclic amines) is 1. The van der Waals surface area contributed by atoms with Crippen LogP contribution in [0.2, 0.25) is 0 Å². The number of hydrazine groups is 1. The van der Waals surface area contributed by atoms with Crippen molar-refractivity contribution < 1.29 is 4.79 Å². The second-order valence-corrected chi connectivity index (χ2v) is 12.5. The number of carbonyl (C=O) groups is 1. The molecule has 0 saturated carbocycles. The predicted molar refractivity (Wildman–Crippen MR) is 169 cm³/mol. The Morgan fingerprint density at radius 2 is 1.85 bits per heavy atom. The molecule has 1 aromatic rings. The van der Waals surface area contributed by atoms with Crippen molar-refractivity contribution in [3.05, 3.63) is 106 Å². The first-order chi connectivity index (χ1) is 19.8. The van der Waals surface area contributed by atoms with Gasteiger partial charge in [0.25, 0.3) is 0 Å². The maximum atomic E-state index is 14.3. The highest BCUT2D eigenvalue weighted by atomic mass is 16.2. The van der Waals surface area contributed by atoms with Gasteiger partial charge in [-0.15, -0.1) is 0 Å². The van der Waals surface area contributed by atoms with Gasteiger partial charge in [-0.2, -0.15) is 0 Å². The number of allylic oxidation sites excluding steroid dienone is 8. The summed E-state index contributed by atoms with van der Waals surface area (Å²) >= 11 is 0. The highest BCUT2D eigenvalue weighted by Crippen LogP contribution is 2.50. The Hall–Kier alpha value is -3.15. The Morgan fingerprint density at radius 3 is 2.54 bits per heavy atom. The van der Waals surface area contributed by atoms with Crippen molar-refractivity contribution in [2.45, 2.75) is 72.8 Å². The normalized spacial score (nSPS) is 28.7. The third kappa shape index (κ3) is 5.67. The van der Waals surface area contributed by atoms with E-state index in [1.54, 1.807) is 0 Å². The molecule has 2 heterocycles. The lowest BCUT2D eigenvalue weighted by atomic mass is 9.72. The van der Waals surface area contributed by atoms with E-state index in [1.807, 2.05) is 6.20 Å². The predicted octanol–water partition coefficient (Wildman–Crippen LogP) is 6.95. The number of fused-ring (bicyclic) bond motifs is 1. The molecule has 0 bridgehead atoms. The summed E-state index contributed by atoms with van der Waals surface area (Å²) in [5, 5.41) is 0. The van der Waals surface area contributed by atoms with E-state index in [4.69, 9.17) is 5.84 Å². The number of amides is 1. The lowest BCUT2D eigenvalue weighted by Crippen LogP contribution is -2.46. The molecule has 2 aliphatic carbocycles. The van der Waals surface area contributed by atoms with Gasteiger partial charge in [0.15, 0.2) is 0 Å². The number of nitrogens with two attached hydrogens (primary N) is 1. The number of likely N-dealkylation sites (N-methyl/N-ethyl adjacent to an activating group) is 1. The molecule has 2 unspecified atom stereocenters. The lowest BCUT2D eigenvalue weighted by Gasteiger charge is -2.39. The van der Waals surface area contributed by atoms with Crippen LogP contribution in [-0.4, -0.2) is 35.3 Å². The number of benzene rings is 1. The second kappa shape index (κ2) is 12.4. The van der Waals surface area contributed by atoms with Crippen LogP contribution in [-0.2, 0) is 11.3 Å². The zero-order valence-corrected chi connectivity index (χ0v) is 25.5. The number of nitrogens with zero attached hydrogens (tertiary/aromatic N) is 2. The fourth-order valence-corrected chi connectivity index (χ4v) is 7.32. The molecule has 1 fully saturated rings. The number of rotatable bonds is 4. The summed E-state index contributed by atoms with van der Waals surface area (Å²) in [5.74, 6) is 6.80. The monoisotopic (exact) mass is 552 g/mol. The third-order valence-corrected chi connectivity index (χ3v) is 10.1. The van der Waals surface area contributed by atoms with Crippen molar-refractivity contribution in [2.24, 2.45) is 23.1 Å². The minimum atomic E-state index is -0.449. The van der Waals surface area contributed by atoms with Crippen LogP contribution in [0.4, 0.5) is 0 Å². The molecule has 1 saturated heterocycles. The average Bonchev–Trinajstić information content (AvgIpc) is 3.06. The van der Waals surface area contributed by atoms with Gasteiger partial charge < -0.3 is 10.3 Å². The van der Waals surface area contributed by atoms with E-state index in [1.165, 1.54) is 33.4 Å². The summed E-state index contributed by atoms with van der Waals surface area (Å²) in [7, 11) is 0. The van der Waals surface area contributed by atoms with Crippen LogP contribution < -0.4 is 11.3 Å². The van der Waals surface area contributed by atoms with Crippen molar-refractivity contribution >= 4 is 5.91 Å². The van der Waals surface area contributed by atoms with E-state index in [2.05, 4.69) is 98.1 Å². The molecule has 2 atom stereocenters. The Balaban J connectivity index is 1.57. The molecule has 2 aliphatic heterocycles. The van der Waals surface area contributed by atoms with Gasteiger partial charge in [-0.25, -0.2) is 0 Å². The topological polar surface area (TPSA) is 61.6 Å². The largest absolute Gasteiger partial charge is 0.331 e. The molecule has 5 nitrogen and oxygen atoms in total. The van der Waals surface area contributed by atoms with Gasteiger partial charge in [-0.3, -0.25) is 15.5 Å². The molecule has 41 heavy (non-hydrogen) atoms. The summed E-state index contributed by atoms with van der Waals surface area (Å²) in [4.78, 5) is 18.9.